The minimum Gasteiger partial charge on any atom is -0.486 e. The number of ether oxygens (including phenoxy) is 2. The van der Waals surface area contributed by atoms with E-state index in [4.69, 9.17) is 9.47 Å². The molecule has 1 N–H and O–H groups in total. The molecule has 1 aliphatic heterocycles. The van der Waals surface area contributed by atoms with Crippen molar-refractivity contribution in [3.63, 3.8) is 0 Å². The molecule has 5 rings (SSSR count). The van der Waals surface area contributed by atoms with E-state index in [2.05, 4.69) is 10.3 Å². The van der Waals surface area contributed by atoms with E-state index in [0.29, 0.717) is 41.7 Å². The Morgan fingerprint density at radius 3 is 2.37 bits per heavy atom. The molecule has 35 heavy (non-hydrogen) atoms. The SMILES string of the molecule is O=C(Nc1ccc2c(c1)OCCO2)C(c1ccccn1)N(C(=O)c1ccccc1)C1CCCCC1. The molecule has 1 aromatic heterocycles. The summed E-state index contributed by atoms with van der Waals surface area (Å²) in [7, 11) is 0. The van der Waals surface area contributed by atoms with Crippen LogP contribution in [0.1, 0.15) is 54.2 Å². The molecular weight excluding hydrogens is 442 g/mol. The first-order valence-electron chi connectivity index (χ1n) is 12.2. The van der Waals surface area contributed by atoms with Gasteiger partial charge < -0.3 is 19.7 Å². The van der Waals surface area contributed by atoms with Crippen LogP contribution in [-0.4, -0.2) is 41.0 Å². The Morgan fingerprint density at radius 2 is 1.63 bits per heavy atom. The summed E-state index contributed by atoms with van der Waals surface area (Å²) in [5.74, 6) is 0.771. The van der Waals surface area contributed by atoms with E-state index in [-0.39, 0.29) is 17.9 Å². The molecule has 2 aromatic carbocycles. The molecule has 7 nitrogen and oxygen atoms in total. The number of pyridine rings is 1. The first-order valence-corrected chi connectivity index (χ1v) is 12.2. The summed E-state index contributed by atoms with van der Waals surface area (Å²) in [6, 6.07) is 19.0. The first-order chi connectivity index (χ1) is 17.2. The van der Waals surface area contributed by atoms with Crippen molar-refractivity contribution < 1.29 is 19.1 Å². The molecule has 7 heteroatoms. The van der Waals surface area contributed by atoms with Gasteiger partial charge in [0.05, 0.1) is 5.69 Å². The normalized spacial score (nSPS) is 16.2. The van der Waals surface area contributed by atoms with E-state index in [0.717, 1.165) is 32.1 Å². The highest BCUT2D eigenvalue weighted by atomic mass is 16.6. The van der Waals surface area contributed by atoms with Crippen LogP contribution in [0.4, 0.5) is 5.69 Å². The largest absolute Gasteiger partial charge is 0.486 e. The van der Waals surface area contributed by atoms with Crippen LogP contribution in [0.5, 0.6) is 11.5 Å². The van der Waals surface area contributed by atoms with Crippen LogP contribution in [0.15, 0.2) is 72.9 Å². The summed E-state index contributed by atoms with van der Waals surface area (Å²) in [4.78, 5) is 34.0. The summed E-state index contributed by atoms with van der Waals surface area (Å²) in [5, 5.41) is 3.01. The minimum absolute atomic E-state index is 0.0468. The molecule has 1 fully saturated rings. The second-order valence-electron chi connectivity index (χ2n) is 8.88. The van der Waals surface area contributed by atoms with Gasteiger partial charge in [-0.15, -0.1) is 0 Å². The van der Waals surface area contributed by atoms with Crippen LogP contribution >= 0.6 is 0 Å². The van der Waals surface area contributed by atoms with Crippen molar-refractivity contribution in [1.82, 2.24) is 9.88 Å². The summed E-state index contributed by atoms with van der Waals surface area (Å²) >= 11 is 0. The van der Waals surface area contributed by atoms with Gasteiger partial charge in [-0.05, 0) is 49.2 Å². The van der Waals surface area contributed by atoms with Crippen LogP contribution < -0.4 is 14.8 Å². The highest BCUT2D eigenvalue weighted by Gasteiger charge is 2.38. The predicted molar refractivity (Wildman–Crippen MR) is 133 cm³/mol. The fraction of sp³-hybridized carbons (Fsp3) is 0.321. The first kappa shape index (κ1) is 22.9. The molecule has 0 bridgehead atoms. The third-order valence-corrected chi connectivity index (χ3v) is 6.53. The molecular formula is C28H29N3O4. The van der Waals surface area contributed by atoms with Crippen LogP contribution in [0.3, 0.4) is 0 Å². The molecule has 3 aromatic rings. The van der Waals surface area contributed by atoms with Crippen molar-refractivity contribution in [2.24, 2.45) is 0 Å². The van der Waals surface area contributed by atoms with Crippen LogP contribution in [-0.2, 0) is 4.79 Å². The summed E-state index contributed by atoms with van der Waals surface area (Å²) in [6.07, 6.45) is 6.58. The molecule has 0 spiro atoms. The van der Waals surface area contributed by atoms with Gasteiger partial charge in [-0.1, -0.05) is 43.5 Å². The second kappa shape index (κ2) is 10.6. The molecule has 1 aliphatic carbocycles. The highest BCUT2D eigenvalue weighted by Crippen LogP contribution is 2.35. The molecule has 1 atom stereocenters. The number of nitrogens with one attached hydrogen (secondary N) is 1. The summed E-state index contributed by atoms with van der Waals surface area (Å²) in [5.41, 5.74) is 1.68. The lowest BCUT2D eigenvalue weighted by Crippen LogP contribution is -2.48. The van der Waals surface area contributed by atoms with Gasteiger partial charge in [0, 0.05) is 29.6 Å². The topological polar surface area (TPSA) is 80.8 Å². The third kappa shape index (κ3) is 5.14. The Hall–Kier alpha value is -3.87. The maximum Gasteiger partial charge on any atom is 0.255 e. The summed E-state index contributed by atoms with van der Waals surface area (Å²) in [6.45, 7) is 0.959. The van der Waals surface area contributed by atoms with Crippen LogP contribution in [0.25, 0.3) is 0 Å². The number of aromatic nitrogens is 1. The summed E-state index contributed by atoms with van der Waals surface area (Å²) < 4.78 is 11.3. The third-order valence-electron chi connectivity index (χ3n) is 6.53. The number of benzene rings is 2. The number of hydrogen-bond donors (Lipinski definition) is 1. The van der Waals surface area contributed by atoms with Crippen molar-refractivity contribution in [3.05, 3.63) is 84.2 Å². The lowest BCUT2D eigenvalue weighted by molar-refractivity contribution is -0.121. The van der Waals surface area contributed by atoms with E-state index in [9.17, 15) is 9.59 Å². The molecule has 180 valence electrons. The van der Waals surface area contributed by atoms with Gasteiger partial charge in [0.1, 0.15) is 13.2 Å². The average Bonchev–Trinajstić information content (AvgIpc) is 2.92. The van der Waals surface area contributed by atoms with E-state index in [1.54, 1.807) is 41.4 Å². The molecule has 2 heterocycles. The average molecular weight is 472 g/mol. The molecule has 2 aliphatic rings. The quantitative estimate of drug-likeness (QED) is 0.547. The number of carbonyl (C=O) groups excluding carboxylic acids is 2. The molecule has 0 radical (unpaired) electrons. The standard InChI is InChI=1S/C28H29N3O4/c32-27(30-21-14-15-24-25(19-21)35-18-17-34-24)26(23-13-7-8-16-29-23)31(22-11-5-2-6-12-22)28(33)20-9-3-1-4-10-20/h1,3-4,7-10,13-16,19,22,26H,2,5-6,11-12,17-18H2,(H,30,32). The van der Waals surface area contributed by atoms with Crippen LogP contribution in [0.2, 0.25) is 0 Å². The second-order valence-corrected chi connectivity index (χ2v) is 8.88. The number of nitrogens with zero attached hydrogens (tertiary/aromatic N) is 2. The number of amides is 2. The monoisotopic (exact) mass is 471 g/mol. The van der Waals surface area contributed by atoms with Crippen molar-refractivity contribution in [2.45, 2.75) is 44.2 Å². The number of hydrogen-bond acceptors (Lipinski definition) is 5. The van der Waals surface area contributed by atoms with Gasteiger partial charge in [0.15, 0.2) is 17.5 Å². The van der Waals surface area contributed by atoms with E-state index in [1.807, 2.05) is 36.4 Å². The number of anilines is 1. The number of carbonyl (C=O) groups is 2. The van der Waals surface area contributed by atoms with Gasteiger partial charge in [-0.2, -0.15) is 0 Å². The molecule has 0 saturated heterocycles. The van der Waals surface area contributed by atoms with Crippen LogP contribution in [0, 0.1) is 0 Å². The number of rotatable bonds is 6. The van der Waals surface area contributed by atoms with Crippen molar-refractivity contribution in [2.75, 3.05) is 18.5 Å². The maximum absolute atomic E-state index is 13.9. The Kier molecular flexibility index (Phi) is 6.93. The zero-order chi connectivity index (χ0) is 24.0. The van der Waals surface area contributed by atoms with Gasteiger partial charge in [0.25, 0.3) is 11.8 Å². The van der Waals surface area contributed by atoms with Crippen molar-refractivity contribution in [1.29, 1.82) is 0 Å². The van der Waals surface area contributed by atoms with E-state index >= 15 is 0 Å². The Labute approximate surface area is 205 Å². The highest BCUT2D eigenvalue weighted by molar-refractivity contribution is 6.01. The zero-order valence-electron chi connectivity index (χ0n) is 19.6. The van der Waals surface area contributed by atoms with Crippen molar-refractivity contribution in [3.8, 4) is 11.5 Å². The Bertz CT molecular complexity index is 1160. The minimum atomic E-state index is -0.875. The lowest BCUT2D eigenvalue weighted by Gasteiger charge is -2.39. The fourth-order valence-corrected chi connectivity index (χ4v) is 4.86. The van der Waals surface area contributed by atoms with E-state index < -0.39 is 6.04 Å². The van der Waals surface area contributed by atoms with Gasteiger partial charge in [-0.25, -0.2) is 0 Å². The zero-order valence-corrected chi connectivity index (χ0v) is 19.6. The van der Waals surface area contributed by atoms with Gasteiger partial charge in [0.2, 0.25) is 0 Å². The van der Waals surface area contributed by atoms with Gasteiger partial charge in [-0.3, -0.25) is 14.6 Å². The lowest BCUT2D eigenvalue weighted by atomic mass is 9.91. The molecule has 1 saturated carbocycles. The smallest absolute Gasteiger partial charge is 0.255 e. The molecule has 2 amide bonds. The number of fused-ring (bicyclic) bond motifs is 1. The van der Waals surface area contributed by atoms with Crippen molar-refractivity contribution >= 4 is 17.5 Å². The van der Waals surface area contributed by atoms with E-state index in [1.165, 1.54) is 0 Å². The predicted octanol–water partition coefficient (Wildman–Crippen LogP) is 5.01. The Morgan fingerprint density at radius 1 is 0.886 bits per heavy atom. The Balaban J connectivity index is 1.51. The fourth-order valence-electron chi connectivity index (χ4n) is 4.86. The molecule has 1 unspecified atom stereocenters. The maximum atomic E-state index is 13.9. The van der Waals surface area contributed by atoms with Gasteiger partial charge >= 0.3 is 0 Å².